The quantitative estimate of drug-likeness (QED) is 0.896. The highest BCUT2D eigenvalue weighted by atomic mass is 19.4. The second kappa shape index (κ2) is 4.56. The third-order valence-corrected chi connectivity index (χ3v) is 2.18. The molecule has 2 aromatic rings. The van der Waals surface area contributed by atoms with Crippen molar-refractivity contribution in [3.63, 3.8) is 0 Å². The van der Waals surface area contributed by atoms with Gasteiger partial charge in [-0.1, -0.05) is 12.1 Å². The summed E-state index contributed by atoms with van der Waals surface area (Å²) in [4.78, 5) is 13.9. The van der Waals surface area contributed by atoms with E-state index in [9.17, 15) is 18.0 Å². The molecule has 0 saturated heterocycles. The summed E-state index contributed by atoms with van der Waals surface area (Å²) in [7, 11) is 0. The van der Waals surface area contributed by atoms with Crippen LogP contribution < -0.4 is 10.2 Å². The maximum absolute atomic E-state index is 12.2. The van der Waals surface area contributed by atoms with Crippen LogP contribution in [0.5, 0.6) is 5.75 Å². The molecule has 0 aliphatic heterocycles. The topological polar surface area (TPSA) is 42.1 Å². The highest BCUT2D eigenvalue weighted by Crippen LogP contribution is 2.31. The van der Waals surface area contributed by atoms with E-state index in [1.54, 1.807) is 6.07 Å². The molecule has 1 N–H and O–H groups in total. The second-order valence-corrected chi connectivity index (χ2v) is 3.48. The molecule has 1 heterocycles. The van der Waals surface area contributed by atoms with Crippen LogP contribution in [0.15, 0.2) is 47.4 Å². The predicted molar refractivity (Wildman–Crippen MR) is 59.2 cm³/mol. The lowest BCUT2D eigenvalue weighted by Gasteiger charge is -2.12. The van der Waals surface area contributed by atoms with E-state index in [0.717, 1.165) is 0 Å². The highest BCUT2D eigenvalue weighted by molar-refractivity contribution is 5.66. The number of para-hydroxylation sites is 1. The van der Waals surface area contributed by atoms with Crippen molar-refractivity contribution in [1.82, 2.24) is 4.98 Å². The minimum atomic E-state index is -4.77. The fourth-order valence-electron chi connectivity index (χ4n) is 1.50. The zero-order valence-corrected chi connectivity index (χ0v) is 8.99. The van der Waals surface area contributed by atoms with Crippen molar-refractivity contribution < 1.29 is 17.9 Å². The first kappa shape index (κ1) is 12.2. The van der Waals surface area contributed by atoms with Crippen LogP contribution in [0.4, 0.5) is 13.2 Å². The average molecular weight is 255 g/mol. The number of alkyl halides is 3. The first-order valence-corrected chi connectivity index (χ1v) is 4.99. The number of benzene rings is 1. The summed E-state index contributed by atoms with van der Waals surface area (Å²) in [5.74, 6) is -0.355. The summed E-state index contributed by atoms with van der Waals surface area (Å²) in [5, 5.41) is 0. The molecule has 0 aliphatic rings. The lowest BCUT2D eigenvalue weighted by Crippen LogP contribution is -2.17. The molecular weight excluding hydrogens is 247 g/mol. The van der Waals surface area contributed by atoms with Gasteiger partial charge in [0.1, 0.15) is 5.75 Å². The molecule has 0 saturated carbocycles. The first-order chi connectivity index (χ1) is 8.46. The Bertz CT molecular complexity index is 605. The number of H-pyrrole nitrogens is 1. The van der Waals surface area contributed by atoms with Gasteiger partial charge < -0.3 is 9.72 Å². The number of rotatable bonds is 2. The largest absolute Gasteiger partial charge is 0.573 e. The molecule has 94 valence electrons. The van der Waals surface area contributed by atoms with Crippen LogP contribution in [0.1, 0.15) is 0 Å². The van der Waals surface area contributed by atoms with E-state index >= 15 is 0 Å². The van der Waals surface area contributed by atoms with Crippen LogP contribution in [0, 0.1) is 0 Å². The van der Waals surface area contributed by atoms with Crippen LogP contribution in [0.3, 0.4) is 0 Å². The molecule has 0 radical (unpaired) electrons. The Kier molecular flexibility index (Phi) is 3.10. The van der Waals surface area contributed by atoms with Crippen LogP contribution >= 0.6 is 0 Å². The highest BCUT2D eigenvalue weighted by Gasteiger charge is 2.32. The average Bonchev–Trinajstić information content (AvgIpc) is 2.27. The van der Waals surface area contributed by atoms with Gasteiger partial charge in [-0.3, -0.25) is 4.79 Å². The van der Waals surface area contributed by atoms with E-state index in [2.05, 4.69) is 9.72 Å². The SMILES string of the molecule is O=c1cc[nH]c(-c2ccccc2OC(F)(F)F)c1. The molecule has 0 atom stereocenters. The van der Waals surface area contributed by atoms with E-state index < -0.39 is 6.36 Å². The lowest BCUT2D eigenvalue weighted by molar-refractivity contribution is -0.274. The smallest absolute Gasteiger partial charge is 0.405 e. The van der Waals surface area contributed by atoms with Gasteiger partial charge in [-0.2, -0.15) is 0 Å². The predicted octanol–water partition coefficient (Wildman–Crippen LogP) is 2.94. The van der Waals surface area contributed by atoms with Gasteiger partial charge in [0.25, 0.3) is 0 Å². The van der Waals surface area contributed by atoms with Crippen molar-refractivity contribution in [2.75, 3.05) is 0 Å². The van der Waals surface area contributed by atoms with Gasteiger partial charge in [0.05, 0.1) is 5.69 Å². The van der Waals surface area contributed by atoms with Gasteiger partial charge in [-0.15, -0.1) is 13.2 Å². The molecule has 0 unspecified atom stereocenters. The molecule has 0 spiro atoms. The summed E-state index contributed by atoms with van der Waals surface area (Å²) >= 11 is 0. The summed E-state index contributed by atoms with van der Waals surface area (Å²) in [5.41, 5.74) is 0.139. The maximum atomic E-state index is 12.2. The van der Waals surface area contributed by atoms with E-state index in [1.165, 1.54) is 36.5 Å². The fraction of sp³-hybridized carbons (Fsp3) is 0.0833. The monoisotopic (exact) mass is 255 g/mol. The van der Waals surface area contributed by atoms with Crippen molar-refractivity contribution in [2.45, 2.75) is 6.36 Å². The number of nitrogens with one attached hydrogen (secondary N) is 1. The summed E-state index contributed by atoms with van der Waals surface area (Å²) in [6.07, 6.45) is -3.41. The second-order valence-electron chi connectivity index (χ2n) is 3.48. The Balaban J connectivity index is 2.48. The number of hydrogen-bond donors (Lipinski definition) is 1. The molecular formula is C12H8F3NO2. The van der Waals surface area contributed by atoms with Gasteiger partial charge in [0.15, 0.2) is 5.43 Å². The van der Waals surface area contributed by atoms with Gasteiger partial charge >= 0.3 is 6.36 Å². The number of aromatic nitrogens is 1. The first-order valence-electron chi connectivity index (χ1n) is 4.99. The van der Waals surface area contributed by atoms with Crippen LogP contribution in [0.25, 0.3) is 11.3 Å². The molecule has 6 heteroatoms. The van der Waals surface area contributed by atoms with Crippen LogP contribution in [-0.4, -0.2) is 11.3 Å². The Hall–Kier alpha value is -2.24. The zero-order chi connectivity index (χ0) is 13.2. The van der Waals surface area contributed by atoms with Gasteiger partial charge in [0, 0.05) is 23.9 Å². The number of ether oxygens (including phenoxy) is 1. The van der Waals surface area contributed by atoms with Crippen LogP contribution in [0.2, 0.25) is 0 Å². The van der Waals surface area contributed by atoms with Crippen molar-refractivity contribution >= 4 is 0 Å². The molecule has 0 amide bonds. The van der Waals surface area contributed by atoms with E-state index in [-0.39, 0.29) is 22.4 Å². The minimum Gasteiger partial charge on any atom is -0.405 e. The summed E-state index contributed by atoms with van der Waals surface area (Å²) in [6.45, 7) is 0. The third-order valence-electron chi connectivity index (χ3n) is 2.18. The number of aromatic amines is 1. The van der Waals surface area contributed by atoms with Crippen molar-refractivity contribution in [1.29, 1.82) is 0 Å². The number of pyridine rings is 1. The van der Waals surface area contributed by atoms with E-state index in [0.29, 0.717) is 0 Å². The molecule has 0 fully saturated rings. The Morgan fingerprint density at radius 3 is 2.50 bits per heavy atom. The molecule has 18 heavy (non-hydrogen) atoms. The number of halogens is 3. The van der Waals surface area contributed by atoms with E-state index in [4.69, 9.17) is 0 Å². The Morgan fingerprint density at radius 2 is 1.83 bits per heavy atom. The van der Waals surface area contributed by atoms with Crippen molar-refractivity contribution in [2.24, 2.45) is 0 Å². The van der Waals surface area contributed by atoms with Gasteiger partial charge in [-0.05, 0) is 12.1 Å². The lowest BCUT2D eigenvalue weighted by atomic mass is 10.1. The number of hydrogen-bond acceptors (Lipinski definition) is 2. The molecule has 1 aromatic heterocycles. The standard InChI is InChI=1S/C12H8F3NO2/c13-12(14,15)18-11-4-2-1-3-9(11)10-7-8(17)5-6-16-10/h1-7H,(H,16,17). The molecule has 2 rings (SSSR count). The van der Waals surface area contributed by atoms with E-state index in [1.807, 2.05) is 0 Å². The minimum absolute atomic E-state index is 0.174. The summed E-state index contributed by atoms with van der Waals surface area (Å²) in [6, 6.07) is 8.09. The van der Waals surface area contributed by atoms with Crippen molar-refractivity contribution in [3.8, 4) is 17.0 Å². The maximum Gasteiger partial charge on any atom is 0.573 e. The molecule has 0 bridgehead atoms. The summed E-state index contributed by atoms with van der Waals surface area (Å²) < 4.78 is 40.6. The van der Waals surface area contributed by atoms with Crippen LogP contribution in [-0.2, 0) is 0 Å². The molecule has 1 aromatic carbocycles. The normalized spacial score (nSPS) is 11.3. The molecule has 3 nitrogen and oxygen atoms in total. The van der Waals surface area contributed by atoms with Gasteiger partial charge in [-0.25, -0.2) is 0 Å². The molecule has 0 aliphatic carbocycles. The fourth-order valence-corrected chi connectivity index (χ4v) is 1.50. The zero-order valence-electron chi connectivity index (χ0n) is 8.99. The Labute approximate surface area is 99.8 Å². The van der Waals surface area contributed by atoms with Crippen molar-refractivity contribution in [3.05, 3.63) is 52.8 Å². The van der Waals surface area contributed by atoms with Gasteiger partial charge in [0.2, 0.25) is 0 Å². The Morgan fingerprint density at radius 1 is 1.11 bits per heavy atom. The third kappa shape index (κ3) is 2.91.